The average molecular weight is 379 g/mol. The number of carbonyl (C=O) groups excluding carboxylic acids is 1. The van der Waals surface area contributed by atoms with E-state index < -0.39 is 0 Å². The third kappa shape index (κ3) is 5.63. The molecule has 0 radical (unpaired) electrons. The van der Waals surface area contributed by atoms with Crippen LogP contribution in [0.5, 0.6) is 0 Å². The van der Waals surface area contributed by atoms with Crippen LogP contribution in [0.25, 0.3) is 0 Å². The summed E-state index contributed by atoms with van der Waals surface area (Å²) in [7, 11) is 0. The molecule has 0 unspecified atom stereocenters. The number of amides is 1. The average Bonchev–Trinajstić information content (AvgIpc) is 2.22. The van der Waals surface area contributed by atoms with Gasteiger partial charge in [0.1, 0.15) is 5.82 Å². The number of nitrogens with one attached hydrogen (secondary N) is 2. The van der Waals surface area contributed by atoms with Crippen molar-refractivity contribution in [1.82, 2.24) is 5.32 Å². The van der Waals surface area contributed by atoms with E-state index in [9.17, 15) is 9.18 Å². The summed E-state index contributed by atoms with van der Waals surface area (Å²) in [5, 5.41) is 5.82. The normalized spacial score (nSPS) is 11.2. The number of anilines is 2. The Bertz CT molecular complexity index is 472. The quantitative estimate of drug-likeness (QED) is 0.557. The lowest BCUT2D eigenvalue weighted by atomic mass is 10.1. The molecular formula is C13H19FIN3O. The van der Waals surface area contributed by atoms with Crippen LogP contribution in [0, 0.1) is 9.39 Å². The predicted molar refractivity (Wildman–Crippen MR) is 84.5 cm³/mol. The zero-order valence-electron chi connectivity index (χ0n) is 11.3. The minimum absolute atomic E-state index is 0.0513. The van der Waals surface area contributed by atoms with Crippen LogP contribution in [0.15, 0.2) is 12.1 Å². The van der Waals surface area contributed by atoms with Crippen molar-refractivity contribution in [2.45, 2.75) is 32.7 Å². The van der Waals surface area contributed by atoms with Gasteiger partial charge in [-0.1, -0.05) is 0 Å². The van der Waals surface area contributed by atoms with Gasteiger partial charge in [0.05, 0.1) is 14.9 Å². The van der Waals surface area contributed by atoms with Crippen LogP contribution >= 0.6 is 22.6 Å². The maximum Gasteiger partial charge on any atom is 0.222 e. The van der Waals surface area contributed by atoms with Gasteiger partial charge in [0, 0.05) is 24.6 Å². The molecule has 0 bridgehead atoms. The molecule has 19 heavy (non-hydrogen) atoms. The van der Waals surface area contributed by atoms with Gasteiger partial charge in [-0.2, -0.15) is 0 Å². The second kappa shape index (κ2) is 6.40. The summed E-state index contributed by atoms with van der Waals surface area (Å²) in [5.41, 5.74) is 6.52. The Labute approximate surface area is 126 Å². The van der Waals surface area contributed by atoms with E-state index in [1.165, 1.54) is 6.07 Å². The van der Waals surface area contributed by atoms with Gasteiger partial charge in [-0.15, -0.1) is 0 Å². The standard InChI is InChI=1S/C13H19FIN3O/c1-13(2,3)18-12(19)4-5-17-11-6-8(14)9(15)7-10(11)16/h6-7,17H,4-5,16H2,1-3H3,(H,18,19). The molecule has 0 saturated carbocycles. The lowest BCUT2D eigenvalue weighted by Crippen LogP contribution is -2.41. The number of benzene rings is 1. The van der Waals surface area contributed by atoms with Crippen molar-refractivity contribution in [3.05, 3.63) is 21.5 Å². The molecule has 1 aromatic rings. The molecule has 4 N–H and O–H groups in total. The maximum atomic E-state index is 13.4. The van der Waals surface area contributed by atoms with Crippen molar-refractivity contribution in [2.75, 3.05) is 17.6 Å². The molecule has 6 heteroatoms. The van der Waals surface area contributed by atoms with Crippen molar-refractivity contribution >= 4 is 39.9 Å². The molecular weight excluding hydrogens is 360 g/mol. The van der Waals surface area contributed by atoms with Crippen molar-refractivity contribution in [1.29, 1.82) is 0 Å². The monoisotopic (exact) mass is 379 g/mol. The van der Waals surface area contributed by atoms with Gasteiger partial charge in [-0.25, -0.2) is 4.39 Å². The molecule has 106 valence electrons. The fourth-order valence-corrected chi connectivity index (χ4v) is 2.00. The fraction of sp³-hybridized carbons (Fsp3) is 0.462. The third-order valence-corrected chi connectivity index (χ3v) is 3.10. The molecule has 4 nitrogen and oxygen atoms in total. The van der Waals surface area contributed by atoms with E-state index in [2.05, 4.69) is 10.6 Å². The second-order valence-electron chi connectivity index (χ2n) is 5.33. The molecule has 0 heterocycles. The number of nitrogen functional groups attached to an aromatic ring is 1. The highest BCUT2D eigenvalue weighted by Gasteiger charge is 2.13. The van der Waals surface area contributed by atoms with Gasteiger partial charge in [0.15, 0.2) is 0 Å². The third-order valence-electron chi connectivity index (χ3n) is 2.27. The maximum absolute atomic E-state index is 13.4. The first kappa shape index (κ1) is 16.0. The summed E-state index contributed by atoms with van der Waals surface area (Å²) < 4.78 is 13.9. The van der Waals surface area contributed by atoms with Crippen LogP contribution in [-0.4, -0.2) is 18.0 Å². The van der Waals surface area contributed by atoms with Crippen LogP contribution in [0.2, 0.25) is 0 Å². The molecule has 0 spiro atoms. The lowest BCUT2D eigenvalue weighted by Gasteiger charge is -2.20. The molecule has 1 amide bonds. The zero-order chi connectivity index (χ0) is 14.6. The largest absolute Gasteiger partial charge is 0.397 e. The fourth-order valence-electron chi connectivity index (χ4n) is 1.51. The van der Waals surface area contributed by atoms with E-state index in [-0.39, 0.29) is 17.3 Å². The van der Waals surface area contributed by atoms with Crippen LogP contribution in [0.3, 0.4) is 0 Å². The Hall–Kier alpha value is -1.05. The second-order valence-corrected chi connectivity index (χ2v) is 6.49. The zero-order valence-corrected chi connectivity index (χ0v) is 13.5. The van der Waals surface area contributed by atoms with E-state index in [0.29, 0.717) is 27.9 Å². The minimum atomic E-state index is -0.323. The topological polar surface area (TPSA) is 67.2 Å². The molecule has 1 rings (SSSR count). The van der Waals surface area contributed by atoms with Crippen molar-refractivity contribution in [2.24, 2.45) is 0 Å². The van der Waals surface area contributed by atoms with Gasteiger partial charge >= 0.3 is 0 Å². The Kier molecular flexibility index (Phi) is 5.39. The number of nitrogens with two attached hydrogens (primary N) is 1. The Morgan fingerprint density at radius 3 is 2.63 bits per heavy atom. The summed E-state index contributed by atoms with van der Waals surface area (Å²) in [4.78, 5) is 11.6. The predicted octanol–water partition coefficient (Wildman–Crippen LogP) is 2.73. The first-order valence-corrected chi connectivity index (χ1v) is 7.06. The smallest absolute Gasteiger partial charge is 0.222 e. The molecule has 0 aliphatic rings. The number of hydrogen-bond donors (Lipinski definition) is 3. The van der Waals surface area contributed by atoms with E-state index in [1.807, 2.05) is 43.4 Å². The molecule has 0 aliphatic heterocycles. The van der Waals surface area contributed by atoms with Crippen molar-refractivity contribution in [3.63, 3.8) is 0 Å². The number of rotatable bonds is 4. The van der Waals surface area contributed by atoms with E-state index >= 15 is 0 Å². The Morgan fingerprint density at radius 2 is 2.05 bits per heavy atom. The number of hydrogen-bond acceptors (Lipinski definition) is 3. The van der Waals surface area contributed by atoms with Crippen LogP contribution < -0.4 is 16.4 Å². The van der Waals surface area contributed by atoms with Gasteiger partial charge in [0.2, 0.25) is 5.91 Å². The van der Waals surface area contributed by atoms with E-state index in [4.69, 9.17) is 5.73 Å². The summed E-state index contributed by atoms with van der Waals surface area (Å²) in [6, 6.07) is 2.91. The molecule has 0 fully saturated rings. The van der Waals surface area contributed by atoms with Crippen molar-refractivity contribution in [3.8, 4) is 0 Å². The highest BCUT2D eigenvalue weighted by Crippen LogP contribution is 2.23. The molecule has 0 saturated heterocycles. The summed E-state index contributed by atoms with van der Waals surface area (Å²) in [5.74, 6) is -0.374. The van der Waals surface area contributed by atoms with Crippen LogP contribution in [-0.2, 0) is 4.79 Å². The molecule has 0 aliphatic carbocycles. The first-order chi connectivity index (χ1) is 8.69. The Balaban J connectivity index is 2.50. The first-order valence-electron chi connectivity index (χ1n) is 5.98. The highest BCUT2D eigenvalue weighted by atomic mass is 127. The molecule has 0 aromatic heterocycles. The number of halogens is 2. The van der Waals surface area contributed by atoms with Gasteiger partial charge < -0.3 is 16.4 Å². The summed E-state index contributed by atoms with van der Waals surface area (Å²) >= 11 is 1.88. The van der Waals surface area contributed by atoms with Crippen LogP contribution in [0.4, 0.5) is 15.8 Å². The van der Waals surface area contributed by atoms with Crippen LogP contribution in [0.1, 0.15) is 27.2 Å². The highest BCUT2D eigenvalue weighted by molar-refractivity contribution is 14.1. The lowest BCUT2D eigenvalue weighted by molar-refractivity contribution is -0.122. The van der Waals surface area contributed by atoms with Crippen molar-refractivity contribution < 1.29 is 9.18 Å². The Morgan fingerprint density at radius 1 is 1.42 bits per heavy atom. The van der Waals surface area contributed by atoms with Gasteiger partial charge in [-0.3, -0.25) is 4.79 Å². The minimum Gasteiger partial charge on any atom is -0.397 e. The van der Waals surface area contributed by atoms with Gasteiger partial charge in [0.25, 0.3) is 0 Å². The number of carbonyl (C=O) groups is 1. The molecule has 0 atom stereocenters. The SMILES string of the molecule is CC(C)(C)NC(=O)CCNc1cc(F)c(I)cc1N. The summed E-state index contributed by atoms with van der Waals surface area (Å²) in [6.45, 7) is 6.17. The molecule has 1 aromatic carbocycles. The van der Waals surface area contributed by atoms with E-state index in [0.717, 1.165) is 0 Å². The summed E-state index contributed by atoms with van der Waals surface area (Å²) in [6.07, 6.45) is 0.310. The van der Waals surface area contributed by atoms with E-state index in [1.54, 1.807) is 6.07 Å². The van der Waals surface area contributed by atoms with Gasteiger partial charge in [-0.05, 0) is 49.4 Å².